The number of H-pyrrole nitrogens is 1. The second kappa shape index (κ2) is 5.08. The van der Waals surface area contributed by atoms with Crippen molar-refractivity contribution < 1.29 is 9.59 Å². The van der Waals surface area contributed by atoms with E-state index >= 15 is 0 Å². The number of aromatic amines is 1. The highest BCUT2D eigenvalue weighted by molar-refractivity contribution is 5.90. The molecule has 0 spiro atoms. The Morgan fingerprint density at radius 3 is 2.53 bits per heavy atom. The van der Waals surface area contributed by atoms with E-state index in [2.05, 4.69) is 25.8 Å². The van der Waals surface area contributed by atoms with Crippen LogP contribution in [-0.4, -0.2) is 40.1 Å². The second-order valence-electron chi connectivity index (χ2n) is 2.98. The van der Waals surface area contributed by atoms with Crippen LogP contribution in [0.4, 0.5) is 0 Å². The van der Waals surface area contributed by atoms with Gasteiger partial charge in [0.2, 0.25) is 11.7 Å². The number of nitrogens with one attached hydrogen (secondary N) is 3. The summed E-state index contributed by atoms with van der Waals surface area (Å²) in [4.78, 5) is 25.7. The van der Waals surface area contributed by atoms with Gasteiger partial charge in [0.1, 0.15) is 5.82 Å². The summed E-state index contributed by atoms with van der Waals surface area (Å²) >= 11 is 0. The molecule has 2 amide bonds. The smallest absolute Gasteiger partial charge is 0.291 e. The minimum atomic E-state index is -0.357. The van der Waals surface area contributed by atoms with E-state index in [1.807, 2.05) is 0 Å². The number of aryl methyl sites for hydroxylation is 1. The van der Waals surface area contributed by atoms with Crippen LogP contribution in [0.1, 0.15) is 23.4 Å². The summed E-state index contributed by atoms with van der Waals surface area (Å²) in [5.41, 5.74) is 0. The molecule has 0 aromatic carbocycles. The standard InChI is InChI=1S/C8H13N5O2/c1-5-11-7(13-12-5)8(15)10-4-3-9-6(2)14/h3-4H2,1-2H3,(H,9,14)(H,10,15)(H,11,12,13). The Morgan fingerprint density at radius 1 is 1.33 bits per heavy atom. The van der Waals surface area contributed by atoms with Gasteiger partial charge in [-0.1, -0.05) is 0 Å². The van der Waals surface area contributed by atoms with E-state index < -0.39 is 0 Å². The van der Waals surface area contributed by atoms with Crippen LogP contribution in [0.25, 0.3) is 0 Å². The largest absolute Gasteiger partial charge is 0.355 e. The Kier molecular flexibility index (Phi) is 3.78. The molecular weight excluding hydrogens is 198 g/mol. The van der Waals surface area contributed by atoms with Gasteiger partial charge in [0.15, 0.2) is 0 Å². The van der Waals surface area contributed by atoms with Crippen LogP contribution in [0, 0.1) is 6.92 Å². The van der Waals surface area contributed by atoms with Crippen molar-refractivity contribution in [1.82, 2.24) is 25.8 Å². The zero-order valence-corrected chi connectivity index (χ0v) is 8.63. The van der Waals surface area contributed by atoms with E-state index in [0.717, 1.165) is 0 Å². The molecule has 0 fully saturated rings. The number of carbonyl (C=O) groups is 2. The van der Waals surface area contributed by atoms with Crippen LogP contribution < -0.4 is 10.6 Å². The maximum absolute atomic E-state index is 11.3. The molecule has 3 N–H and O–H groups in total. The van der Waals surface area contributed by atoms with Gasteiger partial charge in [0, 0.05) is 20.0 Å². The molecule has 0 saturated carbocycles. The van der Waals surface area contributed by atoms with E-state index in [4.69, 9.17) is 0 Å². The maximum atomic E-state index is 11.3. The van der Waals surface area contributed by atoms with E-state index in [9.17, 15) is 9.59 Å². The summed E-state index contributed by atoms with van der Waals surface area (Å²) in [7, 11) is 0. The van der Waals surface area contributed by atoms with E-state index in [0.29, 0.717) is 18.9 Å². The third-order valence-corrected chi connectivity index (χ3v) is 1.58. The predicted molar refractivity (Wildman–Crippen MR) is 52.1 cm³/mol. The first-order valence-corrected chi connectivity index (χ1v) is 4.51. The van der Waals surface area contributed by atoms with Crippen molar-refractivity contribution in [1.29, 1.82) is 0 Å². The van der Waals surface area contributed by atoms with Crippen LogP contribution in [0.3, 0.4) is 0 Å². The summed E-state index contributed by atoms with van der Waals surface area (Å²) in [6.45, 7) is 3.87. The minimum Gasteiger partial charge on any atom is -0.355 e. The highest BCUT2D eigenvalue weighted by Crippen LogP contribution is 1.89. The van der Waals surface area contributed by atoms with Crippen molar-refractivity contribution in [2.45, 2.75) is 13.8 Å². The fraction of sp³-hybridized carbons (Fsp3) is 0.500. The molecule has 1 rings (SSSR count). The fourth-order valence-electron chi connectivity index (χ4n) is 0.938. The number of rotatable bonds is 4. The molecule has 0 radical (unpaired) electrons. The zero-order chi connectivity index (χ0) is 11.3. The number of nitrogens with zero attached hydrogens (tertiary/aromatic N) is 2. The van der Waals surface area contributed by atoms with Crippen LogP contribution in [0.2, 0.25) is 0 Å². The number of hydrogen-bond donors (Lipinski definition) is 3. The normalized spacial score (nSPS) is 9.73. The molecule has 0 aliphatic rings. The number of carbonyl (C=O) groups excluding carboxylic acids is 2. The second-order valence-corrected chi connectivity index (χ2v) is 2.98. The summed E-state index contributed by atoms with van der Waals surface area (Å²) in [6, 6.07) is 0. The Bertz CT molecular complexity index is 360. The summed E-state index contributed by atoms with van der Waals surface area (Å²) in [5.74, 6) is 0.208. The SMILES string of the molecule is CC(=O)NCCNC(=O)c1n[nH]c(C)n1. The first-order chi connectivity index (χ1) is 7.09. The Morgan fingerprint density at radius 2 is 2.00 bits per heavy atom. The predicted octanol–water partition coefficient (Wildman–Crippen LogP) is -1.02. The Labute approximate surface area is 86.7 Å². The quantitative estimate of drug-likeness (QED) is 0.555. The lowest BCUT2D eigenvalue weighted by Gasteiger charge is -2.02. The monoisotopic (exact) mass is 211 g/mol. The lowest BCUT2D eigenvalue weighted by molar-refractivity contribution is -0.118. The van der Waals surface area contributed by atoms with Crippen LogP contribution in [0.15, 0.2) is 0 Å². The van der Waals surface area contributed by atoms with Gasteiger partial charge in [-0.25, -0.2) is 4.98 Å². The Hall–Kier alpha value is -1.92. The molecular formula is C8H13N5O2. The molecule has 15 heavy (non-hydrogen) atoms. The van der Waals surface area contributed by atoms with Crippen molar-refractivity contribution in [3.63, 3.8) is 0 Å². The highest BCUT2D eigenvalue weighted by atomic mass is 16.2. The molecule has 1 aromatic rings. The van der Waals surface area contributed by atoms with Crippen molar-refractivity contribution in [2.24, 2.45) is 0 Å². The van der Waals surface area contributed by atoms with Gasteiger partial charge >= 0.3 is 0 Å². The first kappa shape index (κ1) is 11.2. The van der Waals surface area contributed by atoms with Crippen LogP contribution in [0.5, 0.6) is 0 Å². The van der Waals surface area contributed by atoms with Crippen molar-refractivity contribution in [3.8, 4) is 0 Å². The van der Waals surface area contributed by atoms with E-state index in [1.54, 1.807) is 6.92 Å². The topological polar surface area (TPSA) is 99.8 Å². The average molecular weight is 211 g/mol. The molecule has 7 heteroatoms. The molecule has 1 aromatic heterocycles. The van der Waals surface area contributed by atoms with Crippen molar-refractivity contribution in [3.05, 3.63) is 11.6 Å². The molecule has 0 bridgehead atoms. The average Bonchev–Trinajstić information content (AvgIpc) is 2.59. The molecule has 7 nitrogen and oxygen atoms in total. The van der Waals surface area contributed by atoms with E-state index in [1.165, 1.54) is 6.92 Å². The minimum absolute atomic E-state index is 0.107. The third-order valence-electron chi connectivity index (χ3n) is 1.58. The molecule has 0 saturated heterocycles. The van der Waals surface area contributed by atoms with Gasteiger partial charge in [-0.2, -0.15) is 0 Å². The third kappa shape index (κ3) is 3.75. The lowest BCUT2D eigenvalue weighted by atomic mass is 10.5. The molecule has 82 valence electrons. The van der Waals surface area contributed by atoms with Crippen LogP contribution >= 0.6 is 0 Å². The van der Waals surface area contributed by atoms with Crippen molar-refractivity contribution in [2.75, 3.05) is 13.1 Å². The lowest BCUT2D eigenvalue weighted by Crippen LogP contribution is -2.34. The number of aromatic nitrogens is 3. The molecule has 1 heterocycles. The van der Waals surface area contributed by atoms with Gasteiger partial charge in [0.25, 0.3) is 5.91 Å². The Balaban J connectivity index is 2.28. The summed E-state index contributed by atoms with van der Waals surface area (Å²) in [5, 5.41) is 11.4. The zero-order valence-electron chi connectivity index (χ0n) is 8.63. The van der Waals surface area contributed by atoms with Gasteiger partial charge in [-0.05, 0) is 6.92 Å². The molecule has 0 aliphatic heterocycles. The van der Waals surface area contributed by atoms with Gasteiger partial charge in [0.05, 0.1) is 0 Å². The van der Waals surface area contributed by atoms with Gasteiger partial charge in [-0.15, -0.1) is 5.10 Å². The highest BCUT2D eigenvalue weighted by Gasteiger charge is 2.09. The fourth-order valence-corrected chi connectivity index (χ4v) is 0.938. The van der Waals surface area contributed by atoms with Gasteiger partial charge in [-0.3, -0.25) is 14.7 Å². The van der Waals surface area contributed by atoms with Crippen LogP contribution in [-0.2, 0) is 4.79 Å². The maximum Gasteiger partial charge on any atom is 0.291 e. The number of hydrogen-bond acceptors (Lipinski definition) is 4. The number of amides is 2. The molecule has 0 unspecified atom stereocenters. The van der Waals surface area contributed by atoms with Crippen molar-refractivity contribution >= 4 is 11.8 Å². The summed E-state index contributed by atoms with van der Waals surface area (Å²) in [6.07, 6.45) is 0. The van der Waals surface area contributed by atoms with Gasteiger partial charge < -0.3 is 10.6 Å². The molecule has 0 atom stereocenters. The molecule has 0 aliphatic carbocycles. The van der Waals surface area contributed by atoms with E-state index in [-0.39, 0.29) is 17.6 Å². The summed E-state index contributed by atoms with van der Waals surface area (Å²) < 4.78 is 0. The first-order valence-electron chi connectivity index (χ1n) is 4.51.